The molecule has 0 bridgehead atoms. The summed E-state index contributed by atoms with van der Waals surface area (Å²) in [5.74, 6) is 0.0455. The third-order valence-corrected chi connectivity index (χ3v) is 4.39. The lowest BCUT2D eigenvalue weighted by molar-refractivity contribution is -0.117. The monoisotopic (exact) mass is 412 g/mol. The van der Waals surface area contributed by atoms with Crippen molar-refractivity contribution < 1.29 is 19.1 Å². The van der Waals surface area contributed by atoms with Crippen LogP contribution >= 0.6 is 0 Å². The summed E-state index contributed by atoms with van der Waals surface area (Å²) >= 11 is 0. The van der Waals surface area contributed by atoms with E-state index in [2.05, 4.69) is 5.32 Å². The van der Waals surface area contributed by atoms with E-state index in [0.717, 1.165) is 5.56 Å². The third-order valence-electron chi connectivity index (χ3n) is 4.39. The average Bonchev–Trinajstić information content (AvgIpc) is 2.82. The molecule has 3 aromatic rings. The Morgan fingerprint density at radius 1 is 0.935 bits per heavy atom. The maximum atomic E-state index is 12.3. The molecule has 0 aliphatic heterocycles. The molecule has 6 heteroatoms. The van der Waals surface area contributed by atoms with Gasteiger partial charge in [0, 0.05) is 6.54 Å². The lowest BCUT2D eigenvalue weighted by Gasteiger charge is -2.06. The Bertz CT molecular complexity index is 1110. The Kier molecular flexibility index (Phi) is 7.17. The van der Waals surface area contributed by atoms with Crippen molar-refractivity contribution in [3.8, 4) is 17.6 Å². The number of hydrogen-bond acceptors (Lipinski definition) is 5. The van der Waals surface area contributed by atoms with Gasteiger partial charge in [0.2, 0.25) is 0 Å². The summed E-state index contributed by atoms with van der Waals surface area (Å²) in [4.78, 5) is 24.5. The van der Waals surface area contributed by atoms with Gasteiger partial charge in [-0.15, -0.1) is 0 Å². The predicted octanol–water partition coefficient (Wildman–Crippen LogP) is 4.14. The van der Waals surface area contributed by atoms with E-state index in [9.17, 15) is 14.9 Å². The van der Waals surface area contributed by atoms with Gasteiger partial charge in [-0.2, -0.15) is 5.26 Å². The van der Waals surface area contributed by atoms with Gasteiger partial charge in [-0.3, -0.25) is 4.79 Å². The maximum absolute atomic E-state index is 12.3. The minimum Gasteiger partial charge on any atom is -0.497 e. The van der Waals surface area contributed by atoms with Crippen LogP contribution in [0.4, 0.5) is 0 Å². The van der Waals surface area contributed by atoms with Gasteiger partial charge in [0.15, 0.2) is 0 Å². The summed E-state index contributed by atoms with van der Waals surface area (Å²) in [7, 11) is 1.55. The second kappa shape index (κ2) is 10.4. The molecule has 0 atom stereocenters. The van der Waals surface area contributed by atoms with Crippen LogP contribution in [0, 0.1) is 11.3 Å². The molecule has 1 N–H and O–H groups in total. The fourth-order valence-electron chi connectivity index (χ4n) is 2.71. The summed E-state index contributed by atoms with van der Waals surface area (Å²) in [6, 6.07) is 24.5. The quantitative estimate of drug-likeness (QED) is 0.273. The molecule has 0 aliphatic carbocycles. The number of carbonyl (C=O) groups is 2. The van der Waals surface area contributed by atoms with Crippen LogP contribution in [-0.4, -0.2) is 19.0 Å². The van der Waals surface area contributed by atoms with E-state index in [1.54, 1.807) is 55.6 Å². The number of nitriles is 1. The Morgan fingerprint density at radius 2 is 1.58 bits per heavy atom. The van der Waals surface area contributed by atoms with Crippen LogP contribution in [0.15, 0.2) is 84.4 Å². The van der Waals surface area contributed by atoms with Crippen LogP contribution in [0.2, 0.25) is 0 Å². The first kappa shape index (κ1) is 21.3. The number of rotatable bonds is 7. The molecule has 6 nitrogen and oxygen atoms in total. The number of esters is 1. The highest BCUT2D eigenvalue weighted by molar-refractivity contribution is 6.01. The zero-order chi connectivity index (χ0) is 22.1. The number of hydrogen-bond donors (Lipinski definition) is 1. The maximum Gasteiger partial charge on any atom is 0.343 e. The van der Waals surface area contributed by atoms with Gasteiger partial charge in [0.25, 0.3) is 5.91 Å². The van der Waals surface area contributed by atoms with Gasteiger partial charge >= 0.3 is 5.97 Å². The van der Waals surface area contributed by atoms with Crippen LogP contribution in [0.25, 0.3) is 6.08 Å². The molecule has 3 rings (SSSR count). The number of nitrogens with zero attached hydrogens (tertiary/aromatic N) is 1. The van der Waals surface area contributed by atoms with Crippen molar-refractivity contribution in [2.75, 3.05) is 7.11 Å². The van der Waals surface area contributed by atoms with Crippen LogP contribution < -0.4 is 14.8 Å². The smallest absolute Gasteiger partial charge is 0.343 e. The van der Waals surface area contributed by atoms with E-state index in [1.165, 1.54) is 6.08 Å². The van der Waals surface area contributed by atoms with E-state index in [0.29, 0.717) is 29.2 Å². The lowest BCUT2D eigenvalue weighted by atomic mass is 10.1. The average molecular weight is 412 g/mol. The minimum atomic E-state index is -0.496. The first-order valence-electron chi connectivity index (χ1n) is 9.49. The fraction of sp³-hybridized carbons (Fsp3) is 0.0800. The molecule has 0 aliphatic rings. The number of amides is 1. The molecule has 154 valence electrons. The van der Waals surface area contributed by atoms with Gasteiger partial charge in [-0.25, -0.2) is 4.79 Å². The Balaban J connectivity index is 1.62. The summed E-state index contributed by atoms with van der Waals surface area (Å²) in [6.07, 6.45) is 1.48. The first-order chi connectivity index (χ1) is 15.1. The number of benzene rings is 3. The second-order valence-corrected chi connectivity index (χ2v) is 6.53. The van der Waals surface area contributed by atoms with Crippen molar-refractivity contribution in [2.45, 2.75) is 6.54 Å². The van der Waals surface area contributed by atoms with E-state index in [4.69, 9.17) is 9.47 Å². The van der Waals surface area contributed by atoms with Crippen molar-refractivity contribution in [3.63, 3.8) is 0 Å². The third kappa shape index (κ3) is 6.05. The molecule has 1 amide bonds. The Hall–Kier alpha value is -4.37. The first-order valence-corrected chi connectivity index (χ1v) is 9.49. The molecule has 31 heavy (non-hydrogen) atoms. The summed E-state index contributed by atoms with van der Waals surface area (Å²) in [5, 5.41) is 12.1. The largest absolute Gasteiger partial charge is 0.497 e. The topological polar surface area (TPSA) is 88.4 Å². The molecule has 0 fully saturated rings. The zero-order valence-electron chi connectivity index (χ0n) is 16.9. The molecule has 0 unspecified atom stereocenters. The molecule has 0 spiro atoms. The highest BCUT2D eigenvalue weighted by atomic mass is 16.5. The molecule has 0 radical (unpaired) electrons. The minimum absolute atomic E-state index is 0.0149. The zero-order valence-corrected chi connectivity index (χ0v) is 16.9. The number of ether oxygens (including phenoxy) is 2. The van der Waals surface area contributed by atoms with Crippen LogP contribution in [-0.2, 0) is 11.3 Å². The summed E-state index contributed by atoms with van der Waals surface area (Å²) in [5.41, 5.74) is 1.96. The lowest BCUT2D eigenvalue weighted by Crippen LogP contribution is -2.23. The van der Waals surface area contributed by atoms with Crippen LogP contribution in [0.3, 0.4) is 0 Å². The molecular formula is C25H20N2O4. The Labute approximate surface area is 180 Å². The van der Waals surface area contributed by atoms with Crippen molar-refractivity contribution in [1.29, 1.82) is 5.26 Å². The van der Waals surface area contributed by atoms with Gasteiger partial charge in [0.1, 0.15) is 23.1 Å². The van der Waals surface area contributed by atoms with Gasteiger partial charge < -0.3 is 14.8 Å². The molecular weight excluding hydrogens is 392 g/mol. The van der Waals surface area contributed by atoms with Crippen LogP contribution in [0.1, 0.15) is 21.5 Å². The van der Waals surface area contributed by atoms with E-state index < -0.39 is 11.9 Å². The normalized spacial score (nSPS) is 10.6. The molecule has 0 aromatic heterocycles. The van der Waals surface area contributed by atoms with Gasteiger partial charge in [0.05, 0.1) is 12.7 Å². The van der Waals surface area contributed by atoms with Crippen LogP contribution in [0.5, 0.6) is 11.5 Å². The van der Waals surface area contributed by atoms with Crippen molar-refractivity contribution in [2.24, 2.45) is 0 Å². The molecule has 3 aromatic carbocycles. The predicted molar refractivity (Wildman–Crippen MR) is 116 cm³/mol. The Morgan fingerprint density at radius 3 is 2.19 bits per heavy atom. The fourth-order valence-corrected chi connectivity index (χ4v) is 2.71. The standard InChI is InChI=1S/C25H20N2O4/c1-30-22-13-9-20(10-14-22)25(29)31-23-11-7-18(8-12-23)15-21(16-26)24(28)27-17-19-5-3-2-4-6-19/h2-15H,17H2,1H3,(H,27,28)/b21-15+. The molecule has 0 heterocycles. The van der Waals surface area contributed by atoms with E-state index in [1.807, 2.05) is 36.4 Å². The summed E-state index contributed by atoms with van der Waals surface area (Å²) < 4.78 is 10.4. The highest BCUT2D eigenvalue weighted by Gasteiger charge is 2.10. The molecule has 0 saturated heterocycles. The van der Waals surface area contributed by atoms with Crippen molar-refractivity contribution in [3.05, 3.63) is 101 Å². The van der Waals surface area contributed by atoms with E-state index in [-0.39, 0.29) is 5.57 Å². The van der Waals surface area contributed by atoms with E-state index >= 15 is 0 Å². The second-order valence-electron chi connectivity index (χ2n) is 6.53. The van der Waals surface area contributed by atoms with Crippen molar-refractivity contribution in [1.82, 2.24) is 5.32 Å². The number of carbonyl (C=O) groups excluding carboxylic acids is 2. The van der Waals surface area contributed by atoms with Gasteiger partial charge in [-0.1, -0.05) is 42.5 Å². The van der Waals surface area contributed by atoms with Gasteiger partial charge in [-0.05, 0) is 53.6 Å². The number of methoxy groups -OCH3 is 1. The SMILES string of the molecule is COc1ccc(C(=O)Oc2ccc(/C=C(\C#N)C(=O)NCc3ccccc3)cc2)cc1. The highest BCUT2D eigenvalue weighted by Crippen LogP contribution is 2.18. The number of nitrogens with one attached hydrogen (secondary N) is 1. The summed E-state index contributed by atoms with van der Waals surface area (Å²) in [6.45, 7) is 0.332. The molecule has 0 saturated carbocycles. The van der Waals surface area contributed by atoms with Crippen molar-refractivity contribution >= 4 is 18.0 Å².